The van der Waals surface area contributed by atoms with Gasteiger partial charge in [-0.05, 0) is 24.1 Å². The van der Waals surface area contributed by atoms with Crippen LogP contribution in [0.3, 0.4) is 0 Å². The van der Waals surface area contributed by atoms with E-state index in [-0.39, 0.29) is 17.0 Å². The van der Waals surface area contributed by atoms with Gasteiger partial charge in [-0.3, -0.25) is 9.36 Å². The quantitative estimate of drug-likeness (QED) is 0.864. The third-order valence-corrected chi connectivity index (χ3v) is 2.78. The highest BCUT2D eigenvalue weighted by molar-refractivity contribution is 5.92. The maximum Gasteiger partial charge on any atom is 0.335 e. The highest BCUT2D eigenvalue weighted by Gasteiger charge is 2.11. The Morgan fingerprint density at radius 2 is 2.05 bits per heavy atom. The standard InChI is InChI=1S/C13H14N2O4/c1-7(2)6-15-11(16)9-4-3-8(12(17)18)5-10(9)14-13(15)19/h3-5,7H,6H2,1-2H3,(H,14,19)(H,17,18). The van der Waals surface area contributed by atoms with Crippen LogP contribution in [0, 0.1) is 5.92 Å². The third-order valence-electron chi connectivity index (χ3n) is 2.78. The van der Waals surface area contributed by atoms with Crippen LogP contribution < -0.4 is 11.2 Å². The molecular weight excluding hydrogens is 248 g/mol. The molecule has 0 radical (unpaired) electrons. The van der Waals surface area contributed by atoms with E-state index in [0.717, 1.165) is 4.57 Å². The van der Waals surface area contributed by atoms with Crippen LogP contribution in [0.1, 0.15) is 24.2 Å². The highest BCUT2D eigenvalue weighted by Crippen LogP contribution is 2.09. The molecule has 1 aromatic heterocycles. The summed E-state index contributed by atoms with van der Waals surface area (Å²) in [6.07, 6.45) is 0. The van der Waals surface area contributed by atoms with Crippen molar-refractivity contribution in [1.82, 2.24) is 9.55 Å². The largest absolute Gasteiger partial charge is 0.478 e. The van der Waals surface area contributed by atoms with Gasteiger partial charge in [0.1, 0.15) is 0 Å². The molecule has 6 nitrogen and oxygen atoms in total. The highest BCUT2D eigenvalue weighted by atomic mass is 16.4. The van der Waals surface area contributed by atoms with E-state index >= 15 is 0 Å². The Labute approximate surface area is 108 Å². The number of carboxylic acid groups (broad SMARTS) is 1. The van der Waals surface area contributed by atoms with Crippen LogP contribution in [0.25, 0.3) is 10.9 Å². The number of nitrogens with zero attached hydrogens (tertiary/aromatic N) is 1. The number of nitrogens with one attached hydrogen (secondary N) is 1. The summed E-state index contributed by atoms with van der Waals surface area (Å²) in [7, 11) is 0. The van der Waals surface area contributed by atoms with Crippen LogP contribution in [0.2, 0.25) is 0 Å². The SMILES string of the molecule is CC(C)Cn1c(=O)[nH]c2cc(C(=O)O)ccc2c1=O. The molecule has 0 bridgehead atoms. The second-order valence-electron chi connectivity index (χ2n) is 4.81. The Hall–Kier alpha value is -2.37. The molecule has 2 aromatic rings. The van der Waals surface area contributed by atoms with Gasteiger partial charge in [-0.25, -0.2) is 9.59 Å². The Bertz CT molecular complexity index is 755. The zero-order valence-corrected chi connectivity index (χ0v) is 10.6. The summed E-state index contributed by atoms with van der Waals surface area (Å²) in [6, 6.07) is 4.07. The lowest BCUT2D eigenvalue weighted by molar-refractivity contribution is 0.0697. The number of aromatic amines is 1. The zero-order chi connectivity index (χ0) is 14.2. The Balaban J connectivity index is 2.73. The molecule has 0 unspecified atom stereocenters. The predicted molar refractivity (Wildman–Crippen MR) is 70.6 cm³/mol. The van der Waals surface area contributed by atoms with E-state index in [1.165, 1.54) is 18.2 Å². The van der Waals surface area contributed by atoms with E-state index in [0.29, 0.717) is 11.9 Å². The molecule has 0 aliphatic carbocycles. The number of carboxylic acids is 1. The van der Waals surface area contributed by atoms with E-state index < -0.39 is 17.2 Å². The van der Waals surface area contributed by atoms with Gasteiger partial charge in [-0.1, -0.05) is 13.8 Å². The number of aromatic nitrogens is 2. The van der Waals surface area contributed by atoms with Crippen molar-refractivity contribution in [1.29, 1.82) is 0 Å². The number of fused-ring (bicyclic) bond motifs is 1. The summed E-state index contributed by atoms with van der Waals surface area (Å²) >= 11 is 0. The van der Waals surface area contributed by atoms with Crippen molar-refractivity contribution in [2.45, 2.75) is 20.4 Å². The third kappa shape index (κ3) is 2.42. The maximum absolute atomic E-state index is 12.2. The van der Waals surface area contributed by atoms with Gasteiger partial charge < -0.3 is 10.1 Å². The van der Waals surface area contributed by atoms with Gasteiger partial charge in [-0.2, -0.15) is 0 Å². The molecule has 0 amide bonds. The number of hydrogen-bond acceptors (Lipinski definition) is 3. The van der Waals surface area contributed by atoms with E-state index in [1.54, 1.807) is 0 Å². The molecule has 0 saturated heterocycles. The van der Waals surface area contributed by atoms with E-state index in [4.69, 9.17) is 5.11 Å². The molecule has 1 aromatic carbocycles. The topological polar surface area (TPSA) is 92.2 Å². The average molecular weight is 262 g/mol. The number of rotatable bonds is 3. The number of aromatic carboxylic acids is 1. The van der Waals surface area contributed by atoms with Crippen LogP contribution in [-0.4, -0.2) is 20.6 Å². The summed E-state index contributed by atoms with van der Waals surface area (Å²) < 4.78 is 1.13. The van der Waals surface area contributed by atoms with E-state index in [1.807, 2.05) is 13.8 Å². The van der Waals surface area contributed by atoms with Crippen molar-refractivity contribution in [3.05, 3.63) is 44.6 Å². The molecule has 0 spiro atoms. The molecule has 2 N–H and O–H groups in total. The number of hydrogen-bond donors (Lipinski definition) is 2. The van der Waals surface area contributed by atoms with Crippen LogP contribution in [0.5, 0.6) is 0 Å². The molecule has 0 atom stereocenters. The van der Waals surface area contributed by atoms with Crippen LogP contribution in [-0.2, 0) is 6.54 Å². The van der Waals surface area contributed by atoms with Gasteiger partial charge in [0.15, 0.2) is 0 Å². The van der Waals surface area contributed by atoms with Gasteiger partial charge in [0.05, 0.1) is 16.5 Å². The minimum absolute atomic E-state index is 0.0316. The molecule has 19 heavy (non-hydrogen) atoms. The average Bonchev–Trinajstić information content (AvgIpc) is 2.33. The fourth-order valence-corrected chi connectivity index (χ4v) is 1.92. The smallest absolute Gasteiger partial charge is 0.335 e. The summed E-state index contributed by atoms with van der Waals surface area (Å²) in [5.74, 6) is -0.941. The summed E-state index contributed by atoms with van der Waals surface area (Å²) in [4.78, 5) is 37.4. The monoisotopic (exact) mass is 262 g/mol. The minimum Gasteiger partial charge on any atom is -0.478 e. The Morgan fingerprint density at radius 1 is 1.37 bits per heavy atom. The van der Waals surface area contributed by atoms with Gasteiger partial charge in [-0.15, -0.1) is 0 Å². The van der Waals surface area contributed by atoms with E-state index in [2.05, 4.69) is 4.98 Å². The first kappa shape index (κ1) is 13.1. The zero-order valence-electron chi connectivity index (χ0n) is 10.6. The van der Waals surface area contributed by atoms with Crippen molar-refractivity contribution in [3.63, 3.8) is 0 Å². The molecule has 0 aliphatic heterocycles. The number of carbonyl (C=O) groups is 1. The summed E-state index contributed by atoms with van der Waals surface area (Å²) in [5, 5.41) is 9.19. The normalized spacial score (nSPS) is 11.1. The van der Waals surface area contributed by atoms with Gasteiger partial charge in [0, 0.05) is 6.54 Å². The Morgan fingerprint density at radius 3 is 2.63 bits per heavy atom. The second kappa shape index (κ2) is 4.72. The molecule has 2 rings (SSSR count). The van der Waals surface area contributed by atoms with Crippen molar-refractivity contribution in [2.24, 2.45) is 5.92 Å². The lowest BCUT2D eigenvalue weighted by Crippen LogP contribution is -2.36. The molecule has 1 heterocycles. The fourth-order valence-electron chi connectivity index (χ4n) is 1.92. The number of benzene rings is 1. The summed E-state index contributed by atoms with van der Waals surface area (Å²) in [6.45, 7) is 4.14. The molecule has 0 aliphatic rings. The second-order valence-corrected chi connectivity index (χ2v) is 4.81. The fraction of sp³-hybridized carbons (Fsp3) is 0.308. The molecule has 6 heteroatoms. The van der Waals surface area contributed by atoms with Crippen molar-refractivity contribution in [2.75, 3.05) is 0 Å². The lowest BCUT2D eigenvalue weighted by Gasteiger charge is -2.08. The Kier molecular flexibility index (Phi) is 3.25. The first-order valence-corrected chi connectivity index (χ1v) is 5.90. The van der Waals surface area contributed by atoms with Crippen LogP contribution >= 0.6 is 0 Å². The van der Waals surface area contributed by atoms with Crippen LogP contribution in [0.4, 0.5) is 0 Å². The minimum atomic E-state index is -1.10. The number of H-pyrrole nitrogens is 1. The van der Waals surface area contributed by atoms with Crippen LogP contribution in [0.15, 0.2) is 27.8 Å². The van der Waals surface area contributed by atoms with Gasteiger partial charge in [0.25, 0.3) is 5.56 Å². The lowest BCUT2D eigenvalue weighted by atomic mass is 10.1. The molecular formula is C13H14N2O4. The molecule has 0 saturated carbocycles. The van der Waals surface area contributed by atoms with Gasteiger partial charge >= 0.3 is 11.7 Å². The van der Waals surface area contributed by atoms with Crippen molar-refractivity contribution in [3.8, 4) is 0 Å². The van der Waals surface area contributed by atoms with Gasteiger partial charge in [0.2, 0.25) is 0 Å². The maximum atomic E-state index is 12.2. The first-order valence-electron chi connectivity index (χ1n) is 5.90. The summed E-state index contributed by atoms with van der Waals surface area (Å²) in [5.41, 5.74) is -0.641. The van der Waals surface area contributed by atoms with E-state index in [9.17, 15) is 14.4 Å². The molecule has 0 fully saturated rings. The molecule has 100 valence electrons. The first-order chi connectivity index (χ1) is 8.90. The van der Waals surface area contributed by atoms with Crippen molar-refractivity contribution < 1.29 is 9.90 Å². The predicted octanol–water partition coefficient (Wildman–Crippen LogP) is 1.04. The van der Waals surface area contributed by atoms with Crippen molar-refractivity contribution >= 4 is 16.9 Å².